The third-order valence-electron chi connectivity index (χ3n) is 3.59. The van der Waals surface area contributed by atoms with Crippen molar-refractivity contribution in [2.24, 2.45) is 0 Å². The van der Waals surface area contributed by atoms with Crippen LogP contribution in [-0.2, 0) is 10.0 Å². The average Bonchev–Trinajstić information content (AvgIpc) is 2.62. The van der Waals surface area contributed by atoms with E-state index in [1.165, 1.54) is 4.31 Å². The minimum absolute atomic E-state index is 0.00603. The second kappa shape index (κ2) is 8.30. The molecule has 0 bridgehead atoms. The molecule has 0 amide bonds. The zero-order chi connectivity index (χ0) is 18.3. The van der Waals surface area contributed by atoms with Crippen molar-refractivity contribution >= 4 is 16.1 Å². The van der Waals surface area contributed by atoms with Crippen molar-refractivity contribution in [3.8, 4) is 18.4 Å². The first-order valence-electron chi connectivity index (χ1n) is 7.64. The Morgan fingerprint density at radius 3 is 2.32 bits per heavy atom. The number of hydrogen-bond donors (Lipinski definition) is 0. The van der Waals surface area contributed by atoms with E-state index >= 15 is 0 Å². The Balaban J connectivity index is 2.17. The molecule has 25 heavy (non-hydrogen) atoms. The van der Waals surface area contributed by atoms with Gasteiger partial charge in [0.25, 0.3) is 0 Å². The molecule has 0 radical (unpaired) electrons. The van der Waals surface area contributed by atoms with Crippen LogP contribution in [0.15, 0.2) is 59.5 Å². The highest BCUT2D eigenvalue weighted by molar-refractivity contribution is 7.89. The molecule has 2 aromatic rings. The van der Waals surface area contributed by atoms with Crippen LogP contribution in [0.3, 0.4) is 0 Å². The molecule has 0 aliphatic rings. The summed E-state index contributed by atoms with van der Waals surface area (Å²) in [6, 6.07) is 15.8. The van der Waals surface area contributed by atoms with Gasteiger partial charge in [0.15, 0.2) is 0 Å². The van der Waals surface area contributed by atoms with Gasteiger partial charge in [-0.1, -0.05) is 47.9 Å². The molecule has 2 rings (SSSR count). The zero-order valence-electron chi connectivity index (χ0n) is 13.9. The molecule has 0 unspecified atom stereocenters. The molecular formula is C20H18N2O2S. The highest BCUT2D eigenvalue weighted by Crippen LogP contribution is 2.16. The Morgan fingerprint density at radius 1 is 1.12 bits per heavy atom. The van der Waals surface area contributed by atoms with Crippen molar-refractivity contribution in [2.75, 3.05) is 13.1 Å². The Hall–Kier alpha value is -2.86. The summed E-state index contributed by atoms with van der Waals surface area (Å²) in [6.07, 6.45) is 8.87. The van der Waals surface area contributed by atoms with Gasteiger partial charge in [0.1, 0.15) is 0 Å². The molecule has 0 saturated carbocycles. The fourth-order valence-corrected chi connectivity index (χ4v) is 3.49. The third-order valence-corrected chi connectivity index (χ3v) is 5.41. The van der Waals surface area contributed by atoms with Crippen LogP contribution in [0.1, 0.15) is 16.7 Å². The predicted octanol–water partition coefficient (Wildman–Crippen LogP) is 3.20. The summed E-state index contributed by atoms with van der Waals surface area (Å²) in [7, 11) is -3.65. The van der Waals surface area contributed by atoms with Crippen LogP contribution in [0, 0.1) is 30.6 Å². The number of hydrogen-bond acceptors (Lipinski definition) is 3. The van der Waals surface area contributed by atoms with Gasteiger partial charge >= 0.3 is 0 Å². The Kier molecular flexibility index (Phi) is 6.14. The van der Waals surface area contributed by atoms with Crippen molar-refractivity contribution in [1.82, 2.24) is 4.31 Å². The normalized spacial score (nSPS) is 11.4. The number of nitrogens with zero attached hydrogens (tertiary/aromatic N) is 2. The molecule has 2 aromatic carbocycles. The first-order valence-corrected chi connectivity index (χ1v) is 9.08. The van der Waals surface area contributed by atoms with Gasteiger partial charge in [-0.3, -0.25) is 0 Å². The fraction of sp³-hybridized carbons (Fsp3) is 0.150. The molecule has 126 valence electrons. The van der Waals surface area contributed by atoms with Crippen molar-refractivity contribution in [2.45, 2.75) is 11.8 Å². The van der Waals surface area contributed by atoms with Crippen LogP contribution in [0.5, 0.6) is 0 Å². The van der Waals surface area contributed by atoms with E-state index < -0.39 is 10.0 Å². The summed E-state index contributed by atoms with van der Waals surface area (Å²) in [5.41, 5.74) is 2.45. The first-order chi connectivity index (χ1) is 12.0. The van der Waals surface area contributed by atoms with E-state index in [9.17, 15) is 8.42 Å². The standard InChI is InChI=1S/C20H18N2O2S/c1-3-14-22(25(23,24)20-12-6-17(2)7-13-20)15-4-5-18-8-10-19(16-21)11-9-18/h1,4-13H,14-15H2,2H3. The zero-order valence-corrected chi connectivity index (χ0v) is 14.7. The average molecular weight is 350 g/mol. The lowest BCUT2D eigenvalue weighted by molar-refractivity contribution is 0.478. The largest absolute Gasteiger partial charge is 0.244 e. The molecule has 0 N–H and O–H groups in total. The second-order valence-corrected chi connectivity index (χ2v) is 7.39. The van der Waals surface area contributed by atoms with Gasteiger partial charge in [-0.05, 0) is 36.8 Å². The van der Waals surface area contributed by atoms with Gasteiger partial charge in [-0.25, -0.2) is 8.42 Å². The molecular weight excluding hydrogens is 332 g/mol. The van der Waals surface area contributed by atoms with E-state index in [1.54, 1.807) is 60.7 Å². The molecule has 0 atom stereocenters. The SMILES string of the molecule is C#CCN(CC=Cc1ccc(C#N)cc1)S(=O)(=O)c1ccc(C)cc1. The number of sulfonamides is 1. The maximum absolute atomic E-state index is 12.7. The maximum atomic E-state index is 12.7. The van der Waals surface area contributed by atoms with Crippen LogP contribution in [0.25, 0.3) is 6.08 Å². The number of aryl methyl sites for hydroxylation is 1. The molecule has 0 saturated heterocycles. The van der Waals surface area contributed by atoms with Crippen LogP contribution >= 0.6 is 0 Å². The smallest absolute Gasteiger partial charge is 0.207 e. The van der Waals surface area contributed by atoms with E-state index in [2.05, 4.69) is 12.0 Å². The molecule has 0 aliphatic heterocycles. The van der Waals surface area contributed by atoms with E-state index in [-0.39, 0.29) is 18.0 Å². The van der Waals surface area contributed by atoms with E-state index in [0.29, 0.717) is 5.56 Å². The minimum Gasteiger partial charge on any atom is -0.207 e. The highest BCUT2D eigenvalue weighted by Gasteiger charge is 2.22. The molecule has 0 heterocycles. The number of terminal acetylenes is 1. The van der Waals surface area contributed by atoms with E-state index in [0.717, 1.165) is 11.1 Å². The van der Waals surface area contributed by atoms with E-state index in [4.69, 9.17) is 11.7 Å². The number of rotatable bonds is 6. The summed E-state index contributed by atoms with van der Waals surface area (Å²) < 4.78 is 26.7. The number of nitriles is 1. The maximum Gasteiger partial charge on any atom is 0.244 e. The van der Waals surface area contributed by atoms with Crippen molar-refractivity contribution < 1.29 is 8.42 Å². The Bertz CT molecular complexity index is 929. The van der Waals surface area contributed by atoms with Crippen LogP contribution in [0.4, 0.5) is 0 Å². The van der Waals surface area contributed by atoms with Gasteiger partial charge < -0.3 is 0 Å². The lowest BCUT2D eigenvalue weighted by Crippen LogP contribution is -2.31. The predicted molar refractivity (Wildman–Crippen MR) is 99.0 cm³/mol. The van der Waals surface area contributed by atoms with Crippen molar-refractivity contribution in [3.05, 3.63) is 71.3 Å². The van der Waals surface area contributed by atoms with Gasteiger partial charge in [-0.15, -0.1) is 6.42 Å². The third kappa shape index (κ3) is 4.81. The van der Waals surface area contributed by atoms with Gasteiger partial charge in [0.05, 0.1) is 23.1 Å². The lowest BCUT2D eigenvalue weighted by Gasteiger charge is -2.18. The quantitative estimate of drug-likeness (QED) is 0.752. The molecule has 4 nitrogen and oxygen atoms in total. The molecule has 0 fully saturated rings. The van der Waals surface area contributed by atoms with Gasteiger partial charge in [-0.2, -0.15) is 9.57 Å². The van der Waals surface area contributed by atoms with Crippen LogP contribution < -0.4 is 0 Å². The summed E-state index contributed by atoms with van der Waals surface area (Å²) in [5.74, 6) is 2.40. The number of benzene rings is 2. The molecule has 0 spiro atoms. The highest BCUT2D eigenvalue weighted by atomic mass is 32.2. The second-order valence-electron chi connectivity index (χ2n) is 5.45. The Labute approximate surface area is 149 Å². The van der Waals surface area contributed by atoms with E-state index in [1.807, 2.05) is 6.92 Å². The summed E-state index contributed by atoms with van der Waals surface area (Å²) >= 11 is 0. The van der Waals surface area contributed by atoms with Gasteiger partial charge in [0, 0.05) is 6.54 Å². The fourth-order valence-electron chi connectivity index (χ4n) is 2.18. The Morgan fingerprint density at radius 2 is 1.76 bits per heavy atom. The topological polar surface area (TPSA) is 61.2 Å². The van der Waals surface area contributed by atoms with Gasteiger partial charge in [0.2, 0.25) is 10.0 Å². The van der Waals surface area contributed by atoms with Crippen molar-refractivity contribution in [3.63, 3.8) is 0 Å². The van der Waals surface area contributed by atoms with Crippen LogP contribution in [0.2, 0.25) is 0 Å². The molecule has 0 aliphatic carbocycles. The molecule has 0 aromatic heterocycles. The monoisotopic (exact) mass is 350 g/mol. The summed E-state index contributed by atoms with van der Waals surface area (Å²) in [5, 5.41) is 8.79. The minimum atomic E-state index is -3.65. The molecule has 5 heteroatoms. The lowest BCUT2D eigenvalue weighted by atomic mass is 10.1. The first kappa shape index (κ1) is 18.5. The summed E-state index contributed by atoms with van der Waals surface area (Å²) in [4.78, 5) is 0.222. The van der Waals surface area contributed by atoms with Crippen molar-refractivity contribution in [1.29, 1.82) is 5.26 Å². The summed E-state index contributed by atoms with van der Waals surface area (Å²) in [6.45, 7) is 2.06. The van der Waals surface area contributed by atoms with Crippen LogP contribution in [-0.4, -0.2) is 25.8 Å².